The molecular weight excluding hydrogens is 576 g/mol. The lowest BCUT2D eigenvalue weighted by Gasteiger charge is -2.25. The van der Waals surface area contributed by atoms with Gasteiger partial charge in [-0.15, -0.1) is 0 Å². The van der Waals surface area contributed by atoms with Gasteiger partial charge in [-0.3, -0.25) is 9.80 Å². The van der Waals surface area contributed by atoms with Crippen LogP contribution < -0.4 is 10.6 Å². The lowest BCUT2D eigenvalue weighted by Crippen LogP contribution is -2.42. The molecule has 2 saturated heterocycles. The van der Waals surface area contributed by atoms with Crippen molar-refractivity contribution in [3.8, 4) is 0 Å². The van der Waals surface area contributed by atoms with Crippen molar-refractivity contribution in [2.75, 3.05) is 26.2 Å². The minimum absolute atomic E-state index is 0.260. The maximum absolute atomic E-state index is 12.0. The van der Waals surface area contributed by atoms with Crippen LogP contribution in [0.25, 0.3) is 0 Å². The molecule has 2 heterocycles. The fourth-order valence-electron chi connectivity index (χ4n) is 7.93. The molecule has 0 aromatic heterocycles. The van der Waals surface area contributed by atoms with Gasteiger partial charge in [-0.2, -0.15) is 0 Å². The molecule has 46 heavy (non-hydrogen) atoms. The monoisotopic (exact) mass is 632 g/mol. The van der Waals surface area contributed by atoms with Crippen LogP contribution >= 0.6 is 0 Å². The molecule has 0 radical (unpaired) electrons. The predicted octanol–water partition coefficient (Wildman–Crippen LogP) is 6.84. The van der Waals surface area contributed by atoms with Gasteiger partial charge in [0.2, 0.25) is 0 Å². The van der Waals surface area contributed by atoms with E-state index in [4.69, 9.17) is 9.47 Å². The van der Waals surface area contributed by atoms with Crippen LogP contribution in [0.2, 0.25) is 0 Å². The van der Waals surface area contributed by atoms with E-state index < -0.39 is 11.2 Å². The average Bonchev–Trinajstić information content (AvgIpc) is 3.72. The molecule has 4 aliphatic rings. The van der Waals surface area contributed by atoms with Gasteiger partial charge in [-0.25, -0.2) is 9.59 Å². The lowest BCUT2D eigenvalue weighted by atomic mass is 9.98. The number of alkyl carbamates (subject to hydrolysis) is 2. The maximum Gasteiger partial charge on any atom is 0.407 e. The molecule has 2 saturated carbocycles. The summed E-state index contributed by atoms with van der Waals surface area (Å²) >= 11 is 0. The molecule has 2 aliphatic carbocycles. The molecule has 252 valence electrons. The Hall–Kier alpha value is -3.10. The fourth-order valence-corrected chi connectivity index (χ4v) is 7.93. The molecule has 8 heteroatoms. The quantitative estimate of drug-likeness (QED) is 0.363. The summed E-state index contributed by atoms with van der Waals surface area (Å²) in [6, 6.07) is 21.8. The fraction of sp³-hybridized carbons (Fsp3) is 0.632. The third-order valence-corrected chi connectivity index (χ3v) is 9.77. The van der Waals surface area contributed by atoms with Crippen molar-refractivity contribution in [1.29, 1.82) is 0 Å². The highest BCUT2D eigenvalue weighted by Crippen LogP contribution is 2.40. The van der Waals surface area contributed by atoms with Gasteiger partial charge in [-0.05, 0) is 102 Å². The first-order chi connectivity index (χ1) is 21.8. The van der Waals surface area contributed by atoms with E-state index >= 15 is 0 Å². The zero-order chi connectivity index (χ0) is 32.9. The third-order valence-electron chi connectivity index (χ3n) is 9.77. The van der Waals surface area contributed by atoms with Crippen LogP contribution in [-0.4, -0.2) is 71.5 Å². The normalized spacial score (nSPS) is 27.7. The SMILES string of the molecule is CC(C)(C)OC(=O)N[C@@H]1CC[C@H]2CN(Cc3ccccc3)C[C@H]21.CC(C)(C)OC(=O)N[C@H]1CC[C@@H]2CN(Cc3ccccc3)C[C@@H]21. The number of rotatable bonds is 6. The molecule has 2 N–H and O–H groups in total. The summed E-state index contributed by atoms with van der Waals surface area (Å²) in [5.74, 6) is 2.54. The van der Waals surface area contributed by atoms with Crippen molar-refractivity contribution in [1.82, 2.24) is 20.4 Å². The summed E-state index contributed by atoms with van der Waals surface area (Å²) in [5, 5.41) is 6.21. The zero-order valence-corrected chi connectivity index (χ0v) is 28.8. The Morgan fingerprint density at radius 1 is 0.609 bits per heavy atom. The van der Waals surface area contributed by atoms with Gasteiger partial charge < -0.3 is 20.1 Å². The first kappa shape index (κ1) is 34.2. The molecule has 8 nitrogen and oxygen atoms in total. The standard InChI is InChI=1S/2C19H28N2O2/c2*1-19(2,3)23-18(22)20-17-10-9-15-12-21(13-16(15)17)11-14-7-5-4-6-8-14/h2*4-8,15-17H,9-13H2,1-3H3,(H,20,22)/t2*15-,16+,17+/m10/s1. The van der Waals surface area contributed by atoms with Crippen LogP contribution in [0.5, 0.6) is 0 Å². The summed E-state index contributed by atoms with van der Waals surface area (Å²) in [6.45, 7) is 17.9. The summed E-state index contributed by atoms with van der Waals surface area (Å²) < 4.78 is 10.8. The summed E-state index contributed by atoms with van der Waals surface area (Å²) in [7, 11) is 0. The number of likely N-dealkylation sites (tertiary alicyclic amines) is 2. The Labute approximate surface area is 276 Å². The number of fused-ring (bicyclic) bond motifs is 2. The maximum atomic E-state index is 12.0. The molecule has 0 bridgehead atoms. The topological polar surface area (TPSA) is 83.1 Å². The highest BCUT2D eigenvalue weighted by Gasteiger charge is 2.44. The van der Waals surface area contributed by atoms with E-state index in [0.29, 0.717) is 23.7 Å². The number of hydrogen-bond acceptors (Lipinski definition) is 6. The summed E-state index contributed by atoms with van der Waals surface area (Å²) in [4.78, 5) is 29.1. The van der Waals surface area contributed by atoms with Crippen LogP contribution in [0, 0.1) is 23.7 Å². The molecule has 2 aromatic carbocycles. The zero-order valence-electron chi connectivity index (χ0n) is 28.8. The minimum atomic E-state index is -0.433. The van der Waals surface area contributed by atoms with Gasteiger partial charge in [-0.1, -0.05) is 60.7 Å². The van der Waals surface area contributed by atoms with Crippen molar-refractivity contribution in [2.24, 2.45) is 23.7 Å². The van der Waals surface area contributed by atoms with E-state index in [1.807, 2.05) is 41.5 Å². The van der Waals surface area contributed by atoms with Crippen molar-refractivity contribution in [2.45, 2.75) is 104 Å². The number of nitrogens with zero attached hydrogens (tertiary/aromatic N) is 2. The second kappa shape index (κ2) is 14.8. The number of nitrogens with one attached hydrogen (secondary N) is 2. The highest BCUT2D eigenvalue weighted by atomic mass is 16.6. The van der Waals surface area contributed by atoms with Crippen molar-refractivity contribution in [3.63, 3.8) is 0 Å². The molecule has 6 rings (SSSR count). The molecule has 2 aliphatic heterocycles. The van der Waals surface area contributed by atoms with Crippen LogP contribution in [0.15, 0.2) is 60.7 Å². The van der Waals surface area contributed by atoms with E-state index in [0.717, 1.165) is 52.1 Å². The van der Waals surface area contributed by atoms with E-state index in [9.17, 15) is 9.59 Å². The average molecular weight is 633 g/mol. The van der Waals surface area contributed by atoms with Crippen LogP contribution in [0.1, 0.15) is 78.4 Å². The number of hydrogen-bond donors (Lipinski definition) is 2. The molecule has 2 aromatic rings. The van der Waals surface area contributed by atoms with Gasteiger partial charge >= 0.3 is 12.2 Å². The van der Waals surface area contributed by atoms with E-state index in [-0.39, 0.29) is 24.3 Å². The number of benzene rings is 2. The minimum Gasteiger partial charge on any atom is -0.444 e. The Morgan fingerprint density at radius 3 is 1.33 bits per heavy atom. The van der Waals surface area contributed by atoms with Gasteiger partial charge in [0.1, 0.15) is 11.2 Å². The molecular formula is C38H56N4O4. The highest BCUT2D eigenvalue weighted by molar-refractivity contribution is 5.68. The van der Waals surface area contributed by atoms with Gasteiger partial charge in [0.25, 0.3) is 0 Å². The van der Waals surface area contributed by atoms with Crippen LogP contribution in [0.4, 0.5) is 9.59 Å². The smallest absolute Gasteiger partial charge is 0.407 e. The number of carbonyl (C=O) groups is 2. The first-order valence-corrected chi connectivity index (χ1v) is 17.3. The molecule has 0 spiro atoms. The van der Waals surface area contributed by atoms with Crippen molar-refractivity contribution < 1.29 is 19.1 Å². The summed E-state index contributed by atoms with van der Waals surface area (Å²) in [6.07, 6.45) is 4.02. The summed E-state index contributed by atoms with van der Waals surface area (Å²) in [5.41, 5.74) is 1.86. The Kier molecular flexibility index (Phi) is 11.0. The third kappa shape index (κ3) is 9.95. The Bertz CT molecular complexity index is 1180. The van der Waals surface area contributed by atoms with E-state index in [2.05, 4.69) is 81.1 Å². The molecule has 4 fully saturated rings. The molecule has 6 atom stereocenters. The van der Waals surface area contributed by atoms with Gasteiger partial charge in [0.15, 0.2) is 0 Å². The molecule has 0 unspecified atom stereocenters. The van der Waals surface area contributed by atoms with E-state index in [1.165, 1.54) is 24.0 Å². The van der Waals surface area contributed by atoms with Crippen LogP contribution in [-0.2, 0) is 22.6 Å². The number of carbonyl (C=O) groups excluding carboxylic acids is 2. The van der Waals surface area contributed by atoms with Crippen molar-refractivity contribution in [3.05, 3.63) is 71.8 Å². The van der Waals surface area contributed by atoms with Gasteiger partial charge in [0.05, 0.1) is 0 Å². The first-order valence-electron chi connectivity index (χ1n) is 17.3. The Morgan fingerprint density at radius 2 is 0.978 bits per heavy atom. The van der Waals surface area contributed by atoms with Crippen LogP contribution in [0.3, 0.4) is 0 Å². The second-order valence-electron chi connectivity index (χ2n) is 15.9. The van der Waals surface area contributed by atoms with Crippen molar-refractivity contribution >= 4 is 12.2 Å². The number of amides is 2. The lowest BCUT2D eigenvalue weighted by molar-refractivity contribution is 0.0479. The molecule has 2 amide bonds. The Balaban J connectivity index is 0.000000181. The predicted molar refractivity (Wildman–Crippen MR) is 182 cm³/mol. The number of ether oxygens (including phenoxy) is 2. The van der Waals surface area contributed by atoms with Gasteiger partial charge in [0, 0.05) is 51.4 Å². The largest absolute Gasteiger partial charge is 0.444 e. The second-order valence-corrected chi connectivity index (χ2v) is 15.9. The van der Waals surface area contributed by atoms with E-state index in [1.54, 1.807) is 0 Å².